The monoisotopic (exact) mass is 418 g/mol. The summed E-state index contributed by atoms with van der Waals surface area (Å²) in [6.45, 7) is 7.48. The molecule has 7 atom stereocenters. The van der Waals surface area contributed by atoms with Crippen molar-refractivity contribution in [2.24, 2.45) is 35.0 Å². The molecule has 1 heterocycles. The van der Waals surface area contributed by atoms with Crippen molar-refractivity contribution in [2.75, 3.05) is 0 Å². The van der Waals surface area contributed by atoms with E-state index in [4.69, 9.17) is 0 Å². The quantitative estimate of drug-likeness (QED) is 0.736. The molecule has 0 saturated heterocycles. The Morgan fingerprint density at radius 1 is 1.27 bits per heavy atom. The molecule has 30 heavy (non-hydrogen) atoms. The van der Waals surface area contributed by atoms with Gasteiger partial charge in [-0.25, -0.2) is 8.78 Å². The van der Waals surface area contributed by atoms with E-state index in [9.17, 15) is 13.9 Å². The Balaban J connectivity index is 1.34. The lowest BCUT2D eigenvalue weighted by molar-refractivity contribution is -0.119. The minimum atomic E-state index is -2.66. The maximum absolute atomic E-state index is 13.4. The molecule has 3 saturated carbocycles. The molecule has 5 nitrogen and oxygen atoms in total. The van der Waals surface area contributed by atoms with Crippen molar-refractivity contribution in [3.05, 3.63) is 30.1 Å². The van der Waals surface area contributed by atoms with Crippen molar-refractivity contribution < 1.29 is 13.9 Å². The standard InChI is InChI=1S/C23H32F2N4O/c1-14(12-29-27-13-26-28-29)19-5-6-20-18-4-3-15-11-23(30,21(24)25)10-8-16(15)17(18)7-9-22(19,20)2/h3,13,16-21,30H,1,4-12H2,2H3/t16-,17+,18+,19+,20-,22+,23-/m0/s1. The highest BCUT2D eigenvalue weighted by molar-refractivity contribution is 5.23. The normalized spacial score (nSPS) is 43.0. The largest absolute Gasteiger partial charge is 0.384 e. The molecule has 4 aliphatic rings. The van der Waals surface area contributed by atoms with E-state index in [-0.39, 0.29) is 18.3 Å². The Hall–Kier alpha value is -1.63. The van der Waals surface area contributed by atoms with Crippen LogP contribution < -0.4 is 0 Å². The number of halogens is 2. The predicted octanol–water partition coefficient (Wildman–Crippen LogP) is 4.41. The molecule has 0 aromatic carbocycles. The van der Waals surface area contributed by atoms with E-state index >= 15 is 0 Å². The van der Waals surface area contributed by atoms with E-state index in [1.165, 1.54) is 18.3 Å². The van der Waals surface area contributed by atoms with Crippen LogP contribution in [0, 0.1) is 35.0 Å². The van der Waals surface area contributed by atoms with Crippen molar-refractivity contribution in [1.29, 1.82) is 0 Å². The topological polar surface area (TPSA) is 63.8 Å². The molecular formula is C23H32F2N4O. The summed E-state index contributed by atoms with van der Waals surface area (Å²) < 4.78 is 26.8. The molecule has 7 heteroatoms. The van der Waals surface area contributed by atoms with Crippen LogP contribution in [0.5, 0.6) is 0 Å². The van der Waals surface area contributed by atoms with Crippen LogP contribution in [0.15, 0.2) is 30.1 Å². The van der Waals surface area contributed by atoms with Gasteiger partial charge in [0.1, 0.15) is 5.60 Å². The molecule has 4 aliphatic carbocycles. The first-order chi connectivity index (χ1) is 14.3. The van der Waals surface area contributed by atoms with Crippen LogP contribution in [-0.2, 0) is 6.54 Å². The zero-order valence-electron chi connectivity index (χ0n) is 17.7. The summed E-state index contributed by atoms with van der Waals surface area (Å²) in [5.41, 5.74) is 0.722. The first-order valence-electron chi connectivity index (χ1n) is 11.4. The minimum absolute atomic E-state index is 0.158. The number of nitrogens with zero attached hydrogens (tertiary/aromatic N) is 4. The SMILES string of the molecule is C=C(Cn1ncnn1)[C@H]1CC[C@H]2[C@@H]3CC=C4C[C@](O)(C(F)F)CC[C@@H]4[C@H]3CC[C@]12C. The van der Waals surface area contributed by atoms with Crippen LogP contribution >= 0.6 is 0 Å². The fraction of sp³-hybridized carbons (Fsp3) is 0.783. The summed E-state index contributed by atoms with van der Waals surface area (Å²) in [4.78, 5) is 1.62. The van der Waals surface area contributed by atoms with Gasteiger partial charge in [-0.1, -0.05) is 30.7 Å². The van der Waals surface area contributed by atoms with Gasteiger partial charge >= 0.3 is 0 Å². The van der Waals surface area contributed by atoms with Gasteiger partial charge in [0, 0.05) is 6.42 Å². The van der Waals surface area contributed by atoms with E-state index in [0.29, 0.717) is 42.6 Å². The number of aromatic nitrogens is 4. The van der Waals surface area contributed by atoms with Crippen molar-refractivity contribution in [3.63, 3.8) is 0 Å². The van der Waals surface area contributed by atoms with Gasteiger partial charge in [-0.15, -0.1) is 10.2 Å². The Bertz CT molecular complexity index is 840. The summed E-state index contributed by atoms with van der Waals surface area (Å²) >= 11 is 0. The fourth-order valence-corrected chi connectivity index (χ4v) is 7.73. The number of alkyl halides is 2. The zero-order chi connectivity index (χ0) is 21.1. The van der Waals surface area contributed by atoms with Crippen molar-refractivity contribution in [1.82, 2.24) is 20.2 Å². The van der Waals surface area contributed by atoms with Gasteiger partial charge in [-0.2, -0.15) is 4.80 Å². The summed E-state index contributed by atoms with van der Waals surface area (Å²) in [5, 5.41) is 22.3. The number of rotatable bonds is 4. The van der Waals surface area contributed by atoms with Crippen LogP contribution in [0.1, 0.15) is 58.3 Å². The highest BCUT2D eigenvalue weighted by Crippen LogP contribution is 2.64. The van der Waals surface area contributed by atoms with Crippen molar-refractivity contribution in [3.8, 4) is 0 Å². The third kappa shape index (κ3) is 3.07. The lowest BCUT2D eigenvalue weighted by Gasteiger charge is -2.54. The molecule has 0 unspecified atom stereocenters. The zero-order valence-corrected chi connectivity index (χ0v) is 17.7. The molecule has 0 spiro atoms. The molecule has 5 rings (SSSR count). The summed E-state index contributed by atoms with van der Waals surface area (Å²) in [6.07, 6.45) is 7.75. The first kappa shape index (κ1) is 20.3. The lowest BCUT2D eigenvalue weighted by Crippen LogP contribution is -2.49. The average Bonchev–Trinajstić information content (AvgIpc) is 3.34. The number of hydrogen-bond donors (Lipinski definition) is 1. The second kappa shape index (κ2) is 7.21. The van der Waals surface area contributed by atoms with Gasteiger partial charge in [-0.3, -0.25) is 0 Å². The van der Waals surface area contributed by atoms with Crippen molar-refractivity contribution >= 4 is 0 Å². The second-order valence-corrected chi connectivity index (χ2v) is 10.5. The summed E-state index contributed by atoms with van der Waals surface area (Å²) in [5.74, 6) is 2.70. The minimum Gasteiger partial charge on any atom is -0.384 e. The Kier molecular flexibility index (Phi) is 4.88. The maximum atomic E-state index is 13.4. The van der Waals surface area contributed by atoms with Gasteiger partial charge in [0.25, 0.3) is 6.43 Å². The van der Waals surface area contributed by atoms with Crippen LogP contribution in [0.25, 0.3) is 0 Å². The Morgan fingerprint density at radius 3 is 2.83 bits per heavy atom. The van der Waals surface area contributed by atoms with Crippen LogP contribution in [-0.4, -0.2) is 37.3 Å². The number of hydrogen-bond acceptors (Lipinski definition) is 4. The molecule has 3 fully saturated rings. The molecule has 0 bridgehead atoms. The van der Waals surface area contributed by atoms with Crippen LogP contribution in [0.4, 0.5) is 8.78 Å². The molecular weight excluding hydrogens is 386 g/mol. The molecule has 1 aromatic rings. The lowest BCUT2D eigenvalue weighted by atomic mass is 9.51. The van der Waals surface area contributed by atoms with Gasteiger partial charge in [0.2, 0.25) is 0 Å². The molecule has 0 radical (unpaired) electrons. The Morgan fingerprint density at radius 2 is 2.10 bits per heavy atom. The smallest absolute Gasteiger partial charge is 0.267 e. The molecule has 1 aromatic heterocycles. The number of allylic oxidation sites excluding steroid dienone is 2. The van der Waals surface area contributed by atoms with Gasteiger partial charge in [0.15, 0.2) is 6.33 Å². The predicted molar refractivity (Wildman–Crippen MR) is 108 cm³/mol. The van der Waals surface area contributed by atoms with E-state index in [1.54, 1.807) is 4.80 Å². The molecule has 164 valence electrons. The van der Waals surface area contributed by atoms with Crippen LogP contribution in [0.3, 0.4) is 0 Å². The molecule has 1 N–H and O–H groups in total. The summed E-state index contributed by atoms with van der Waals surface area (Å²) in [6, 6.07) is 0. The highest BCUT2D eigenvalue weighted by Gasteiger charge is 2.57. The molecule has 0 amide bonds. The van der Waals surface area contributed by atoms with E-state index in [1.807, 2.05) is 0 Å². The second-order valence-electron chi connectivity index (χ2n) is 10.5. The van der Waals surface area contributed by atoms with Gasteiger partial charge < -0.3 is 5.11 Å². The molecule has 0 aliphatic heterocycles. The van der Waals surface area contributed by atoms with E-state index in [0.717, 1.165) is 31.3 Å². The van der Waals surface area contributed by atoms with E-state index < -0.39 is 12.0 Å². The fourth-order valence-electron chi connectivity index (χ4n) is 7.73. The van der Waals surface area contributed by atoms with E-state index in [2.05, 4.69) is 35.0 Å². The van der Waals surface area contributed by atoms with Gasteiger partial charge in [0.05, 0.1) is 6.54 Å². The van der Waals surface area contributed by atoms with Crippen LogP contribution in [0.2, 0.25) is 0 Å². The third-order valence-electron chi connectivity index (χ3n) is 9.17. The third-order valence-corrected chi connectivity index (χ3v) is 9.17. The average molecular weight is 419 g/mol. The summed E-state index contributed by atoms with van der Waals surface area (Å²) in [7, 11) is 0. The number of aliphatic hydroxyl groups is 1. The van der Waals surface area contributed by atoms with Crippen molar-refractivity contribution in [2.45, 2.75) is 76.9 Å². The number of tetrazole rings is 1. The number of fused-ring (bicyclic) bond motifs is 5. The maximum Gasteiger partial charge on any atom is 0.267 e. The first-order valence-corrected chi connectivity index (χ1v) is 11.4. The Labute approximate surface area is 176 Å². The highest BCUT2D eigenvalue weighted by atomic mass is 19.3. The van der Waals surface area contributed by atoms with Gasteiger partial charge in [-0.05, 0) is 85.2 Å².